The molecule has 1 fully saturated rings. The Bertz CT molecular complexity index is 1230. The van der Waals surface area contributed by atoms with Crippen LogP contribution in [0, 0.1) is 5.92 Å². The number of hydrogen-bond acceptors (Lipinski definition) is 7. The van der Waals surface area contributed by atoms with Gasteiger partial charge in [0, 0.05) is 50.6 Å². The van der Waals surface area contributed by atoms with Gasteiger partial charge < -0.3 is 9.64 Å². The first-order chi connectivity index (χ1) is 16.6. The van der Waals surface area contributed by atoms with Gasteiger partial charge in [0.1, 0.15) is 11.9 Å². The van der Waals surface area contributed by atoms with Crippen molar-refractivity contribution < 1.29 is 26.3 Å². The summed E-state index contributed by atoms with van der Waals surface area (Å²) in [4.78, 5) is 14.3. The van der Waals surface area contributed by atoms with Crippen LogP contribution in [0.2, 0.25) is 0 Å². The monoisotopic (exact) mass is 509 g/mol. The first-order valence-electron chi connectivity index (χ1n) is 11.5. The number of hydrogen-bond donors (Lipinski definition) is 0. The van der Waals surface area contributed by atoms with Crippen molar-refractivity contribution in [1.82, 2.24) is 19.3 Å². The number of rotatable bonds is 4. The van der Waals surface area contributed by atoms with Crippen LogP contribution >= 0.6 is 0 Å². The summed E-state index contributed by atoms with van der Waals surface area (Å²) in [6, 6.07) is 2.04. The third-order valence-electron chi connectivity index (χ3n) is 6.93. The summed E-state index contributed by atoms with van der Waals surface area (Å²) >= 11 is 0. The summed E-state index contributed by atoms with van der Waals surface area (Å²) in [6.07, 6.45) is 5.18. The van der Waals surface area contributed by atoms with Gasteiger partial charge in [0.05, 0.1) is 23.7 Å². The molecule has 3 aliphatic heterocycles. The molecule has 1 unspecified atom stereocenters. The van der Waals surface area contributed by atoms with Gasteiger partial charge in [0.25, 0.3) is 0 Å². The zero-order valence-electron chi connectivity index (χ0n) is 19.2. The third kappa shape index (κ3) is 5.13. The van der Waals surface area contributed by atoms with E-state index in [2.05, 4.69) is 15.0 Å². The van der Waals surface area contributed by atoms with Crippen molar-refractivity contribution in [1.29, 1.82) is 0 Å². The van der Waals surface area contributed by atoms with Crippen LogP contribution in [0.25, 0.3) is 5.57 Å². The molecule has 0 bridgehead atoms. The molecule has 0 amide bonds. The summed E-state index contributed by atoms with van der Waals surface area (Å²) in [5.74, 6) is 1.41. The van der Waals surface area contributed by atoms with Gasteiger partial charge in [-0.25, -0.2) is 18.4 Å². The number of sulfonamides is 1. The van der Waals surface area contributed by atoms with E-state index in [-0.39, 0.29) is 6.10 Å². The Labute approximate surface area is 201 Å². The highest BCUT2D eigenvalue weighted by Crippen LogP contribution is 2.37. The molecule has 1 saturated heterocycles. The molecule has 1 atom stereocenters. The lowest BCUT2D eigenvalue weighted by Gasteiger charge is -2.34. The van der Waals surface area contributed by atoms with Crippen LogP contribution in [0.3, 0.4) is 0 Å². The average molecular weight is 510 g/mol. The molecule has 2 aromatic rings. The van der Waals surface area contributed by atoms with Crippen molar-refractivity contribution in [2.45, 2.75) is 38.0 Å². The Morgan fingerprint density at radius 3 is 2.37 bits per heavy atom. The first kappa shape index (κ1) is 24.0. The van der Waals surface area contributed by atoms with Gasteiger partial charge in [-0.15, -0.1) is 0 Å². The zero-order chi connectivity index (χ0) is 24.8. The van der Waals surface area contributed by atoms with Gasteiger partial charge >= 0.3 is 6.18 Å². The van der Waals surface area contributed by atoms with E-state index in [1.807, 2.05) is 17.0 Å². The van der Waals surface area contributed by atoms with Gasteiger partial charge in [-0.3, -0.25) is 4.98 Å². The van der Waals surface area contributed by atoms with Crippen LogP contribution in [-0.4, -0.2) is 66.2 Å². The van der Waals surface area contributed by atoms with Crippen LogP contribution in [0.1, 0.15) is 36.1 Å². The molecule has 35 heavy (non-hydrogen) atoms. The van der Waals surface area contributed by atoms with Crippen LogP contribution in [0.4, 0.5) is 19.1 Å². The molecular weight excluding hydrogens is 483 g/mol. The van der Waals surface area contributed by atoms with Crippen LogP contribution in [-0.2, 0) is 22.6 Å². The van der Waals surface area contributed by atoms with Gasteiger partial charge in [-0.2, -0.15) is 17.5 Å². The minimum Gasteiger partial charge on any atom is -0.488 e. The van der Waals surface area contributed by atoms with E-state index in [1.54, 1.807) is 6.20 Å². The second kappa shape index (κ2) is 9.05. The number of nitrogens with zero attached hydrogens (tertiary/aromatic N) is 5. The van der Waals surface area contributed by atoms with Gasteiger partial charge in [-0.05, 0) is 36.8 Å². The standard InChI is InChI=1S/C23H26F3N5O3S/c1-35(32,33)31-8-4-15(5-9-31)19-10-17-11-20(34-21(17)14-27-19)16-2-6-30(7-3-16)22-28-12-18(13-29-22)23(24,25)26/h4,10,12-14,16,20H,2-3,5-9,11H2,1H3. The maximum Gasteiger partial charge on any atom is 0.419 e. The predicted molar refractivity (Wildman–Crippen MR) is 123 cm³/mol. The van der Waals surface area contributed by atoms with Gasteiger partial charge in [0.15, 0.2) is 0 Å². The summed E-state index contributed by atoms with van der Waals surface area (Å²) in [6.45, 7) is 2.11. The number of piperidine rings is 1. The molecule has 0 spiro atoms. The lowest BCUT2D eigenvalue weighted by atomic mass is 9.89. The normalized spacial score (nSPS) is 22.0. The Morgan fingerprint density at radius 1 is 1.06 bits per heavy atom. The smallest absolute Gasteiger partial charge is 0.419 e. The quantitative estimate of drug-likeness (QED) is 0.626. The maximum atomic E-state index is 12.7. The largest absolute Gasteiger partial charge is 0.488 e. The molecule has 5 rings (SSSR count). The Hall–Kier alpha value is -2.73. The fourth-order valence-electron chi connectivity index (χ4n) is 4.90. The summed E-state index contributed by atoms with van der Waals surface area (Å²) in [5.41, 5.74) is 2.15. The summed E-state index contributed by atoms with van der Waals surface area (Å²) < 4.78 is 69.4. The van der Waals surface area contributed by atoms with E-state index >= 15 is 0 Å². The zero-order valence-corrected chi connectivity index (χ0v) is 20.0. The Balaban J connectivity index is 1.18. The SMILES string of the molecule is CS(=O)(=O)N1CC=C(c2cc3c(cn2)OC(C2CCN(c4ncc(C(F)(F)F)cn4)CC2)C3)CC1. The fourth-order valence-corrected chi connectivity index (χ4v) is 5.66. The number of anilines is 1. The van der Waals surface area contributed by atoms with Crippen molar-refractivity contribution in [3.05, 3.63) is 47.6 Å². The Kier molecular flexibility index (Phi) is 6.20. The molecule has 3 aliphatic rings. The van der Waals surface area contributed by atoms with Crippen LogP contribution in [0.15, 0.2) is 30.7 Å². The molecule has 5 heterocycles. The van der Waals surface area contributed by atoms with Crippen molar-refractivity contribution >= 4 is 21.5 Å². The second-order valence-corrected chi connectivity index (χ2v) is 11.2. The highest BCUT2D eigenvalue weighted by Gasteiger charge is 2.35. The van der Waals surface area contributed by atoms with Crippen molar-refractivity contribution in [3.63, 3.8) is 0 Å². The summed E-state index contributed by atoms with van der Waals surface area (Å²) in [5, 5.41) is 0. The van der Waals surface area contributed by atoms with E-state index in [1.165, 1.54) is 10.6 Å². The lowest BCUT2D eigenvalue weighted by Crippen LogP contribution is -2.40. The van der Waals surface area contributed by atoms with Gasteiger partial charge in [0.2, 0.25) is 16.0 Å². The predicted octanol–water partition coefficient (Wildman–Crippen LogP) is 3.16. The minimum atomic E-state index is -4.45. The van der Waals surface area contributed by atoms with Crippen molar-refractivity contribution in [3.8, 4) is 5.75 Å². The minimum absolute atomic E-state index is 0.0267. The number of fused-ring (bicyclic) bond motifs is 1. The molecule has 188 valence electrons. The van der Waals surface area contributed by atoms with Crippen molar-refractivity contribution in [2.24, 2.45) is 5.92 Å². The van der Waals surface area contributed by atoms with Gasteiger partial charge in [-0.1, -0.05) is 6.08 Å². The molecule has 0 aliphatic carbocycles. The number of aromatic nitrogens is 3. The molecule has 12 heteroatoms. The highest BCUT2D eigenvalue weighted by molar-refractivity contribution is 7.88. The Morgan fingerprint density at radius 2 is 1.77 bits per heavy atom. The van der Waals surface area contributed by atoms with Crippen LogP contribution < -0.4 is 9.64 Å². The number of alkyl halides is 3. The number of ether oxygens (including phenoxy) is 1. The van der Waals surface area contributed by atoms with Crippen molar-refractivity contribution in [2.75, 3.05) is 37.3 Å². The molecule has 0 aromatic carbocycles. The molecule has 0 saturated carbocycles. The number of halogens is 3. The summed E-state index contributed by atoms with van der Waals surface area (Å²) in [7, 11) is -3.20. The first-order valence-corrected chi connectivity index (χ1v) is 13.4. The van der Waals surface area contributed by atoms with Crippen LogP contribution in [0.5, 0.6) is 5.75 Å². The lowest BCUT2D eigenvalue weighted by molar-refractivity contribution is -0.138. The molecular formula is C23H26F3N5O3S. The maximum absolute atomic E-state index is 12.7. The number of pyridine rings is 1. The van der Waals surface area contributed by atoms with E-state index in [4.69, 9.17) is 4.74 Å². The van der Waals surface area contributed by atoms with E-state index in [0.717, 1.165) is 54.2 Å². The molecule has 0 N–H and O–H groups in total. The van der Waals surface area contributed by atoms with E-state index in [9.17, 15) is 21.6 Å². The fraction of sp³-hybridized carbons (Fsp3) is 0.522. The second-order valence-electron chi connectivity index (χ2n) is 9.23. The topological polar surface area (TPSA) is 88.5 Å². The van der Waals surface area contributed by atoms with E-state index in [0.29, 0.717) is 44.5 Å². The molecule has 2 aromatic heterocycles. The van der Waals surface area contributed by atoms with E-state index < -0.39 is 21.8 Å². The third-order valence-corrected chi connectivity index (χ3v) is 8.20. The molecule has 8 nitrogen and oxygen atoms in total. The molecule has 0 radical (unpaired) electrons. The highest BCUT2D eigenvalue weighted by atomic mass is 32.2. The average Bonchev–Trinajstić information content (AvgIpc) is 3.27.